The fourth-order valence-electron chi connectivity index (χ4n) is 7.67. The number of hydrogen-bond donors (Lipinski definition) is 4. The van der Waals surface area contributed by atoms with Gasteiger partial charge in [-0.15, -0.1) is 0 Å². The van der Waals surface area contributed by atoms with Crippen molar-refractivity contribution in [1.29, 1.82) is 0 Å². The predicted octanol–water partition coefficient (Wildman–Crippen LogP) is 14.6. The third-order valence-electron chi connectivity index (χ3n) is 11.5. The Morgan fingerprint density at radius 3 is 1.11 bits per heavy atom. The first-order valence-corrected chi connectivity index (χ1v) is 24.7. The molecule has 0 aromatic heterocycles. The zero-order valence-electron chi connectivity index (χ0n) is 37.1. The number of carbonyl (C=O) groups is 1. The van der Waals surface area contributed by atoms with Gasteiger partial charge in [0.25, 0.3) is 0 Å². The van der Waals surface area contributed by atoms with Crippen molar-refractivity contribution in [3.8, 4) is 0 Å². The zero-order chi connectivity index (χ0) is 40.1. The molecule has 0 aliphatic carbocycles. The summed E-state index contributed by atoms with van der Waals surface area (Å²) in [6.45, 7) is 4.17. The highest BCUT2D eigenvalue weighted by atomic mass is 16.3. The maximum atomic E-state index is 12.5. The molecule has 5 nitrogen and oxygen atoms in total. The average molecular weight is 776 g/mol. The van der Waals surface area contributed by atoms with E-state index in [2.05, 4.69) is 31.3 Å². The van der Waals surface area contributed by atoms with Crippen LogP contribution in [0.1, 0.15) is 264 Å². The maximum absolute atomic E-state index is 12.5. The molecule has 1 amide bonds. The number of unbranched alkanes of at least 4 members (excludes halogenated alkanes) is 35. The lowest BCUT2D eigenvalue weighted by molar-refractivity contribution is -0.131. The highest BCUT2D eigenvalue weighted by Gasteiger charge is 2.22. The molecule has 55 heavy (non-hydrogen) atoms. The molecule has 0 aliphatic rings. The molecule has 0 aromatic rings. The van der Waals surface area contributed by atoms with E-state index in [1.165, 1.54) is 205 Å². The molecule has 5 heteroatoms. The highest BCUT2D eigenvalue weighted by molar-refractivity contribution is 5.80. The van der Waals surface area contributed by atoms with Crippen LogP contribution in [0.2, 0.25) is 0 Å². The van der Waals surface area contributed by atoms with E-state index in [9.17, 15) is 20.1 Å². The number of nitrogens with one attached hydrogen (secondary N) is 1. The van der Waals surface area contributed by atoms with E-state index in [4.69, 9.17) is 0 Å². The Kier molecular flexibility index (Phi) is 44.6. The molecule has 3 atom stereocenters. The summed E-state index contributed by atoms with van der Waals surface area (Å²) in [6, 6.07) is -0.810. The van der Waals surface area contributed by atoms with Crippen LogP contribution >= 0.6 is 0 Å². The van der Waals surface area contributed by atoms with Crippen LogP contribution in [-0.2, 0) is 4.79 Å². The summed E-state index contributed by atoms with van der Waals surface area (Å²) in [7, 11) is 0. The Morgan fingerprint density at radius 2 is 0.745 bits per heavy atom. The van der Waals surface area contributed by atoms with Gasteiger partial charge in [-0.1, -0.05) is 256 Å². The van der Waals surface area contributed by atoms with Crippen LogP contribution in [0.15, 0.2) is 24.3 Å². The fraction of sp³-hybridized carbons (Fsp3) is 0.900. The van der Waals surface area contributed by atoms with Crippen molar-refractivity contribution < 1.29 is 20.1 Å². The van der Waals surface area contributed by atoms with Gasteiger partial charge in [-0.05, 0) is 32.1 Å². The van der Waals surface area contributed by atoms with Crippen molar-refractivity contribution in [2.45, 2.75) is 283 Å². The first-order valence-electron chi connectivity index (χ1n) is 24.7. The van der Waals surface area contributed by atoms with Gasteiger partial charge in [0.05, 0.1) is 18.8 Å². The molecule has 0 bridgehead atoms. The van der Waals surface area contributed by atoms with E-state index < -0.39 is 24.2 Å². The summed E-state index contributed by atoms with van der Waals surface area (Å²) >= 11 is 0. The van der Waals surface area contributed by atoms with Gasteiger partial charge in [0.2, 0.25) is 5.91 Å². The Morgan fingerprint density at radius 1 is 0.436 bits per heavy atom. The lowest BCUT2D eigenvalue weighted by Gasteiger charge is -2.21. The minimum Gasteiger partial charge on any atom is -0.394 e. The normalized spacial score (nSPS) is 13.6. The van der Waals surface area contributed by atoms with Crippen LogP contribution in [0, 0.1) is 0 Å². The van der Waals surface area contributed by atoms with E-state index in [0.717, 1.165) is 38.5 Å². The first kappa shape index (κ1) is 53.8. The minimum absolute atomic E-state index is 0.373. The Labute approximate surface area is 343 Å². The van der Waals surface area contributed by atoms with Gasteiger partial charge in [-0.25, -0.2) is 0 Å². The molecule has 0 rings (SSSR count). The van der Waals surface area contributed by atoms with Gasteiger partial charge >= 0.3 is 0 Å². The summed E-state index contributed by atoms with van der Waals surface area (Å²) in [4.78, 5) is 12.5. The number of allylic oxidation sites excluding steroid dienone is 3. The molecule has 0 saturated carbocycles. The van der Waals surface area contributed by atoms with Gasteiger partial charge in [0.1, 0.15) is 6.10 Å². The molecular weight excluding hydrogens is 679 g/mol. The first-order chi connectivity index (χ1) is 27.1. The number of hydrogen-bond acceptors (Lipinski definition) is 4. The SMILES string of the molecule is CCCCCCCC/C=C/CC/C=C/C(O)C(CO)NC(=O)C(O)CCCCCCCCCCCCCCCCCCCCCCCCCCCCCCC. The smallest absolute Gasteiger partial charge is 0.249 e. The van der Waals surface area contributed by atoms with Crippen molar-refractivity contribution >= 4 is 5.91 Å². The molecule has 326 valence electrons. The third-order valence-corrected chi connectivity index (χ3v) is 11.5. The summed E-state index contributed by atoms with van der Waals surface area (Å²) in [5.74, 6) is -0.510. The summed E-state index contributed by atoms with van der Waals surface area (Å²) in [6.07, 6.45) is 56.8. The monoisotopic (exact) mass is 776 g/mol. The average Bonchev–Trinajstić information content (AvgIpc) is 3.19. The zero-order valence-corrected chi connectivity index (χ0v) is 37.1. The fourth-order valence-corrected chi connectivity index (χ4v) is 7.67. The van der Waals surface area contributed by atoms with E-state index in [1.807, 2.05) is 6.08 Å². The van der Waals surface area contributed by atoms with Gasteiger partial charge in [0.15, 0.2) is 0 Å². The lowest BCUT2D eigenvalue weighted by Crippen LogP contribution is -2.48. The quantitative estimate of drug-likeness (QED) is 0.0366. The molecule has 0 heterocycles. The van der Waals surface area contributed by atoms with Gasteiger partial charge in [0, 0.05) is 0 Å². The molecule has 0 radical (unpaired) electrons. The number of aliphatic hydroxyl groups excluding tert-OH is 3. The molecule has 0 aromatic carbocycles. The van der Waals surface area contributed by atoms with Crippen LogP contribution in [0.3, 0.4) is 0 Å². The van der Waals surface area contributed by atoms with Crippen LogP contribution in [-0.4, -0.2) is 46.1 Å². The van der Waals surface area contributed by atoms with Crippen molar-refractivity contribution in [3.05, 3.63) is 24.3 Å². The van der Waals surface area contributed by atoms with Gasteiger partial charge in [-0.3, -0.25) is 4.79 Å². The molecule has 0 fully saturated rings. The second-order valence-electron chi connectivity index (χ2n) is 17.0. The van der Waals surface area contributed by atoms with Gasteiger partial charge in [-0.2, -0.15) is 0 Å². The topological polar surface area (TPSA) is 89.8 Å². The Balaban J connectivity index is 3.52. The van der Waals surface area contributed by atoms with Crippen molar-refractivity contribution in [2.24, 2.45) is 0 Å². The summed E-state index contributed by atoms with van der Waals surface area (Å²) < 4.78 is 0. The highest BCUT2D eigenvalue weighted by Crippen LogP contribution is 2.17. The number of rotatable bonds is 45. The van der Waals surface area contributed by atoms with Crippen LogP contribution in [0.5, 0.6) is 0 Å². The van der Waals surface area contributed by atoms with Crippen LogP contribution in [0.4, 0.5) is 0 Å². The molecule has 3 unspecified atom stereocenters. The summed E-state index contributed by atoms with van der Waals surface area (Å²) in [5.41, 5.74) is 0. The maximum Gasteiger partial charge on any atom is 0.249 e. The number of aliphatic hydroxyl groups is 3. The minimum atomic E-state index is -1.10. The van der Waals surface area contributed by atoms with E-state index in [-0.39, 0.29) is 6.61 Å². The third kappa shape index (κ3) is 40.8. The van der Waals surface area contributed by atoms with Crippen LogP contribution < -0.4 is 5.32 Å². The van der Waals surface area contributed by atoms with Gasteiger partial charge < -0.3 is 20.6 Å². The van der Waals surface area contributed by atoms with Crippen molar-refractivity contribution in [2.75, 3.05) is 6.61 Å². The van der Waals surface area contributed by atoms with E-state index in [0.29, 0.717) is 6.42 Å². The standard InChI is InChI=1S/C50H97NO4/c1-3-5-7-9-11-13-15-17-18-19-20-21-22-23-24-25-26-27-28-29-30-31-32-33-35-37-39-41-43-45-49(54)50(55)51-47(46-52)48(53)44-42-40-38-36-34-16-14-12-10-8-6-4-2/h34,36,42,44,47-49,52-54H,3-33,35,37-41,43,45-46H2,1-2H3,(H,51,55)/b36-34+,44-42+. The molecular formula is C50H97NO4. The number of amides is 1. The Bertz CT molecular complexity index is 814. The Hall–Kier alpha value is -1.17. The molecule has 0 aliphatic heterocycles. The van der Waals surface area contributed by atoms with Crippen LogP contribution in [0.25, 0.3) is 0 Å². The second kappa shape index (κ2) is 45.5. The summed E-state index contributed by atoms with van der Waals surface area (Å²) in [5, 5.41) is 33.1. The lowest BCUT2D eigenvalue weighted by atomic mass is 10.0. The van der Waals surface area contributed by atoms with E-state index >= 15 is 0 Å². The molecule has 0 spiro atoms. The molecule has 0 saturated heterocycles. The second-order valence-corrected chi connectivity index (χ2v) is 17.0. The van der Waals surface area contributed by atoms with Crippen molar-refractivity contribution in [3.63, 3.8) is 0 Å². The molecule has 4 N–H and O–H groups in total. The van der Waals surface area contributed by atoms with Crippen molar-refractivity contribution in [1.82, 2.24) is 5.32 Å². The largest absolute Gasteiger partial charge is 0.394 e. The predicted molar refractivity (Wildman–Crippen MR) is 241 cm³/mol. The van der Waals surface area contributed by atoms with E-state index in [1.54, 1.807) is 6.08 Å². The number of carbonyl (C=O) groups excluding carboxylic acids is 1.